The van der Waals surface area contributed by atoms with Crippen LogP contribution in [0, 0.1) is 0 Å². The van der Waals surface area contributed by atoms with Crippen LogP contribution in [-0.2, 0) is 13.5 Å². The van der Waals surface area contributed by atoms with Crippen LogP contribution in [0.4, 0.5) is 0 Å². The summed E-state index contributed by atoms with van der Waals surface area (Å²) >= 11 is 1.91. The third kappa shape index (κ3) is 2.08. The SMILES string of the molecule is CCCc1sc2ccccc2[n+]1C.I. The lowest BCUT2D eigenvalue weighted by Gasteiger charge is -1.88. The van der Waals surface area contributed by atoms with Crippen molar-refractivity contribution in [3.63, 3.8) is 0 Å². The molecule has 0 unspecified atom stereocenters. The van der Waals surface area contributed by atoms with Crippen molar-refractivity contribution in [1.82, 2.24) is 0 Å². The van der Waals surface area contributed by atoms with E-state index in [4.69, 9.17) is 0 Å². The van der Waals surface area contributed by atoms with Crippen LogP contribution in [0.3, 0.4) is 0 Å². The van der Waals surface area contributed by atoms with Gasteiger partial charge in [0.2, 0.25) is 10.5 Å². The second-order valence-corrected chi connectivity index (χ2v) is 4.39. The molecule has 0 atom stereocenters. The highest BCUT2D eigenvalue weighted by atomic mass is 127. The minimum absolute atomic E-state index is 0. The Labute approximate surface area is 106 Å². The fraction of sp³-hybridized carbons (Fsp3) is 0.364. The smallest absolute Gasteiger partial charge is 0.189 e. The molecule has 0 aliphatic carbocycles. The van der Waals surface area contributed by atoms with Crippen LogP contribution in [0.2, 0.25) is 0 Å². The number of para-hydroxylation sites is 1. The van der Waals surface area contributed by atoms with Crippen molar-refractivity contribution in [1.29, 1.82) is 0 Å². The van der Waals surface area contributed by atoms with Crippen molar-refractivity contribution in [2.24, 2.45) is 7.05 Å². The average Bonchev–Trinajstić information content (AvgIpc) is 2.46. The van der Waals surface area contributed by atoms with Gasteiger partial charge in [-0.1, -0.05) is 30.4 Å². The van der Waals surface area contributed by atoms with Gasteiger partial charge >= 0.3 is 0 Å². The van der Waals surface area contributed by atoms with Crippen molar-refractivity contribution in [3.05, 3.63) is 29.3 Å². The molecule has 1 aromatic heterocycles. The van der Waals surface area contributed by atoms with Gasteiger partial charge in [-0.2, -0.15) is 4.57 Å². The van der Waals surface area contributed by atoms with Crippen LogP contribution in [0.15, 0.2) is 24.3 Å². The van der Waals surface area contributed by atoms with E-state index in [0.717, 1.165) is 0 Å². The Morgan fingerprint density at radius 1 is 1.29 bits per heavy atom. The Hall–Kier alpha value is -0.160. The first-order valence-corrected chi connectivity index (χ1v) is 5.51. The van der Waals surface area contributed by atoms with E-state index in [-0.39, 0.29) is 24.0 Å². The molecule has 14 heavy (non-hydrogen) atoms. The molecule has 0 radical (unpaired) electrons. The van der Waals surface area contributed by atoms with E-state index in [0.29, 0.717) is 0 Å². The molecule has 3 heteroatoms. The molecule has 0 aliphatic rings. The first-order chi connectivity index (χ1) is 6.33. The Kier molecular flexibility index (Phi) is 4.31. The highest BCUT2D eigenvalue weighted by Crippen LogP contribution is 2.20. The zero-order valence-electron chi connectivity index (χ0n) is 8.49. The van der Waals surface area contributed by atoms with Gasteiger partial charge in [0.15, 0.2) is 0 Å². The summed E-state index contributed by atoms with van der Waals surface area (Å²) in [6.45, 7) is 2.23. The molecule has 0 saturated carbocycles. The Bertz CT molecular complexity index is 422. The Balaban J connectivity index is 0.000000980. The van der Waals surface area contributed by atoms with Crippen molar-refractivity contribution in [2.45, 2.75) is 19.8 Å². The van der Waals surface area contributed by atoms with Crippen molar-refractivity contribution in [3.8, 4) is 0 Å². The van der Waals surface area contributed by atoms with Gasteiger partial charge in [-0.3, -0.25) is 0 Å². The quantitative estimate of drug-likeness (QED) is 0.590. The largest absolute Gasteiger partial charge is 0.238 e. The number of rotatable bonds is 2. The standard InChI is InChI=1S/C11H14NS.HI/c1-3-6-11-12(2)9-7-4-5-8-10(9)13-11;/h4-5,7-8H,3,6H2,1-2H3;1H/q+1;. The number of benzene rings is 1. The summed E-state index contributed by atoms with van der Waals surface area (Å²) < 4.78 is 3.71. The fourth-order valence-corrected chi connectivity index (χ4v) is 2.83. The lowest BCUT2D eigenvalue weighted by molar-refractivity contribution is -0.648. The van der Waals surface area contributed by atoms with Gasteiger partial charge in [0, 0.05) is 12.5 Å². The highest BCUT2D eigenvalue weighted by molar-refractivity contribution is 14.0. The third-order valence-corrected chi connectivity index (χ3v) is 3.57. The molecule has 0 N–H and O–H groups in total. The molecular formula is C11H15INS+. The van der Waals surface area contributed by atoms with Crippen LogP contribution < -0.4 is 4.57 Å². The van der Waals surface area contributed by atoms with Gasteiger partial charge < -0.3 is 0 Å². The molecule has 0 bridgehead atoms. The highest BCUT2D eigenvalue weighted by Gasteiger charge is 2.14. The Morgan fingerprint density at radius 2 is 2.00 bits per heavy atom. The molecule has 1 aromatic carbocycles. The van der Waals surface area contributed by atoms with Crippen LogP contribution >= 0.6 is 35.3 Å². The zero-order valence-corrected chi connectivity index (χ0v) is 11.6. The van der Waals surface area contributed by atoms with E-state index >= 15 is 0 Å². The number of hydrogen-bond donors (Lipinski definition) is 0. The van der Waals surface area contributed by atoms with Gasteiger partial charge in [-0.15, -0.1) is 24.0 Å². The van der Waals surface area contributed by atoms with E-state index in [1.165, 1.54) is 28.1 Å². The molecule has 0 fully saturated rings. The maximum Gasteiger partial charge on any atom is 0.238 e. The summed E-state index contributed by atoms with van der Waals surface area (Å²) in [6.07, 6.45) is 2.41. The van der Waals surface area contributed by atoms with Gasteiger partial charge in [0.25, 0.3) is 0 Å². The summed E-state index contributed by atoms with van der Waals surface area (Å²) in [7, 11) is 2.16. The number of nitrogens with zero attached hydrogens (tertiary/aromatic N) is 1. The van der Waals surface area contributed by atoms with Crippen LogP contribution in [-0.4, -0.2) is 0 Å². The van der Waals surface area contributed by atoms with Crippen LogP contribution in [0.5, 0.6) is 0 Å². The monoisotopic (exact) mass is 320 g/mol. The first-order valence-electron chi connectivity index (χ1n) is 4.69. The summed E-state index contributed by atoms with van der Waals surface area (Å²) in [5.41, 5.74) is 1.36. The van der Waals surface area contributed by atoms with Gasteiger partial charge in [0.05, 0.1) is 0 Å². The zero-order chi connectivity index (χ0) is 9.26. The summed E-state index contributed by atoms with van der Waals surface area (Å²) in [5, 5.41) is 1.48. The lowest BCUT2D eigenvalue weighted by Crippen LogP contribution is -2.30. The third-order valence-electron chi connectivity index (χ3n) is 2.29. The fourth-order valence-electron chi connectivity index (χ4n) is 1.58. The number of aromatic nitrogens is 1. The predicted molar refractivity (Wildman–Crippen MR) is 72.4 cm³/mol. The number of aryl methyl sites for hydroxylation is 2. The summed E-state index contributed by atoms with van der Waals surface area (Å²) in [6, 6.07) is 8.59. The van der Waals surface area contributed by atoms with E-state index in [1.807, 2.05) is 11.3 Å². The second kappa shape index (κ2) is 5.07. The number of hydrogen-bond acceptors (Lipinski definition) is 1. The molecule has 2 rings (SSSR count). The second-order valence-electron chi connectivity index (χ2n) is 3.27. The number of fused-ring (bicyclic) bond motifs is 1. The number of thiazole rings is 1. The maximum atomic E-state index is 2.31. The molecule has 1 heterocycles. The van der Waals surface area contributed by atoms with E-state index in [1.54, 1.807) is 0 Å². The molecule has 2 aromatic rings. The van der Waals surface area contributed by atoms with E-state index in [9.17, 15) is 0 Å². The molecule has 0 aliphatic heterocycles. The van der Waals surface area contributed by atoms with Gasteiger partial charge in [-0.05, 0) is 12.5 Å². The van der Waals surface area contributed by atoms with Crippen molar-refractivity contribution < 1.29 is 4.57 Å². The average molecular weight is 320 g/mol. The van der Waals surface area contributed by atoms with Gasteiger partial charge in [0.1, 0.15) is 11.7 Å². The molecule has 0 saturated heterocycles. The molecule has 0 spiro atoms. The van der Waals surface area contributed by atoms with Gasteiger partial charge in [-0.25, -0.2) is 0 Å². The van der Waals surface area contributed by atoms with Crippen molar-refractivity contribution >= 4 is 45.5 Å². The van der Waals surface area contributed by atoms with E-state index in [2.05, 4.69) is 42.8 Å². The van der Waals surface area contributed by atoms with Crippen molar-refractivity contribution in [2.75, 3.05) is 0 Å². The molecule has 0 amide bonds. The molecule has 76 valence electrons. The summed E-state index contributed by atoms with van der Waals surface area (Å²) in [5.74, 6) is 0. The minimum atomic E-state index is 0. The normalized spacial score (nSPS) is 10.1. The first kappa shape index (κ1) is 11.9. The maximum absolute atomic E-state index is 2.31. The van der Waals surface area contributed by atoms with Crippen LogP contribution in [0.1, 0.15) is 18.4 Å². The topological polar surface area (TPSA) is 3.88 Å². The summed E-state index contributed by atoms with van der Waals surface area (Å²) in [4.78, 5) is 0. The molecular weight excluding hydrogens is 305 g/mol. The van der Waals surface area contributed by atoms with Crippen LogP contribution in [0.25, 0.3) is 10.2 Å². The van der Waals surface area contributed by atoms with E-state index < -0.39 is 0 Å². The number of halogens is 1. The lowest BCUT2D eigenvalue weighted by atomic mass is 10.3. The predicted octanol–water partition coefficient (Wildman–Crippen LogP) is 3.30. The molecule has 1 nitrogen and oxygen atoms in total. The Morgan fingerprint density at radius 3 is 2.64 bits per heavy atom. The minimum Gasteiger partial charge on any atom is -0.189 e.